The largest absolute Gasteiger partial charge is 0.493 e. The van der Waals surface area contributed by atoms with Crippen LogP contribution in [-0.4, -0.2) is 64.2 Å². The van der Waals surface area contributed by atoms with Crippen molar-refractivity contribution < 1.29 is 13.9 Å². The Kier molecular flexibility index (Phi) is 6.46. The van der Waals surface area contributed by atoms with Crippen LogP contribution in [0.25, 0.3) is 0 Å². The van der Waals surface area contributed by atoms with Crippen molar-refractivity contribution in [3.8, 4) is 11.5 Å². The number of benzene rings is 1. The molecule has 3 rings (SSSR count). The number of nitrogens with zero attached hydrogens (tertiary/aromatic N) is 3. The van der Waals surface area contributed by atoms with Crippen molar-refractivity contribution in [3.05, 3.63) is 47.4 Å². The third kappa shape index (κ3) is 4.25. The molecular formula is C21H30N4O3. The monoisotopic (exact) mass is 386 g/mol. The molecule has 1 atom stereocenters. The molecule has 0 radical (unpaired) electrons. The molecule has 0 aliphatic carbocycles. The summed E-state index contributed by atoms with van der Waals surface area (Å²) >= 11 is 0. The molecule has 0 saturated heterocycles. The molecule has 152 valence electrons. The van der Waals surface area contributed by atoms with E-state index in [-0.39, 0.29) is 6.04 Å². The van der Waals surface area contributed by atoms with Crippen LogP contribution in [0.15, 0.2) is 39.9 Å². The van der Waals surface area contributed by atoms with Gasteiger partial charge in [0.25, 0.3) is 0 Å². The summed E-state index contributed by atoms with van der Waals surface area (Å²) in [5, 5.41) is 3.51. The minimum atomic E-state index is 0.133. The van der Waals surface area contributed by atoms with E-state index in [1.54, 1.807) is 20.5 Å². The van der Waals surface area contributed by atoms with Crippen molar-refractivity contribution in [2.45, 2.75) is 19.0 Å². The van der Waals surface area contributed by atoms with E-state index in [1.165, 1.54) is 11.1 Å². The third-order valence-corrected chi connectivity index (χ3v) is 5.18. The maximum absolute atomic E-state index is 5.60. The Morgan fingerprint density at radius 1 is 1.25 bits per heavy atom. The number of hydrogen-bond donors (Lipinski definition) is 1. The molecular weight excluding hydrogens is 356 g/mol. The molecule has 1 aliphatic rings. The summed E-state index contributed by atoms with van der Waals surface area (Å²) in [4.78, 5) is 8.91. The van der Waals surface area contributed by atoms with Gasteiger partial charge in [0.05, 0.1) is 26.5 Å². The van der Waals surface area contributed by atoms with E-state index < -0.39 is 0 Å². The standard InChI is InChI=1S/C21H30N4O3/c1-22-21(23-13-17(24(2)3)18-7-6-10-28-18)25-9-8-15-11-19(26-4)20(27-5)12-16(15)14-25/h6-7,10-12,17H,8-9,13-14H2,1-5H3,(H,22,23). The van der Waals surface area contributed by atoms with Gasteiger partial charge in [-0.25, -0.2) is 0 Å². The van der Waals surface area contributed by atoms with Gasteiger partial charge in [-0.1, -0.05) is 0 Å². The first-order valence-electron chi connectivity index (χ1n) is 9.46. The van der Waals surface area contributed by atoms with Crippen LogP contribution < -0.4 is 14.8 Å². The van der Waals surface area contributed by atoms with Gasteiger partial charge in [-0.15, -0.1) is 0 Å². The van der Waals surface area contributed by atoms with E-state index in [2.05, 4.69) is 46.3 Å². The molecule has 1 unspecified atom stereocenters. The average Bonchev–Trinajstić information content (AvgIpc) is 3.23. The average molecular weight is 386 g/mol. The van der Waals surface area contributed by atoms with Crippen LogP contribution >= 0.6 is 0 Å². The van der Waals surface area contributed by atoms with E-state index in [0.29, 0.717) is 6.54 Å². The zero-order valence-electron chi connectivity index (χ0n) is 17.4. The van der Waals surface area contributed by atoms with E-state index in [4.69, 9.17) is 13.9 Å². The van der Waals surface area contributed by atoms with Crippen molar-refractivity contribution in [2.75, 3.05) is 48.5 Å². The molecule has 1 aliphatic heterocycles. The molecule has 1 aromatic carbocycles. The molecule has 0 fully saturated rings. The lowest BCUT2D eigenvalue weighted by Gasteiger charge is -2.33. The van der Waals surface area contributed by atoms with Crippen LogP contribution in [0.3, 0.4) is 0 Å². The molecule has 0 bridgehead atoms. The Hall–Kier alpha value is -2.67. The lowest BCUT2D eigenvalue weighted by molar-refractivity contribution is 0.254. The van der Waals surface area contributed by atoms with Gasteiger partial charge in [-0.05, 0) is 55.9 Å². The highest BCUT2D eigenvalue weighted by molar-refractivity contribution is 5.80. The van der Waals surface area contributed by atoms with E-state index >= 15 is 0 Å². The first-order valence-corrected chi connectivity index (χ1v) is 9.46. The van der Waals surface area contributed by atoms with Crippen LogP contribution in [0.4, 0.5) is 0 Å². The number of furan rings is 1. The van der Waals surface area contributed by atoms with Crippen LogP contribution in [-0.2, 0) is 13.0 Å². The Morgan fingerprint density at radius 2 is 1.96 bits per heavy atom. The van der Waals surface area contributed by atoms with Crippen LogP contribution in [0, 0.1) is 0 Å². The van der Waals surface area contributed by atoms with Crippen molar-refractivity contribution in [1.29, 1.82) is 0 Å². The topological polar surface area (TPSA) is 62.5 Å². The molecule has 0 spiro atoms. The maximum Gasteiger partial charge on any atom is 0.194 e. The zero-order chi connectivity index (χ0) is 20.1. The number of likely N-dealkylation sites (N-methyl/N-ethyl adjacent to an activating group) is 1. The summed E-state index contributed by atoms with van der Waals surface area (Å²) in [7, 11) is 9.26. The molecule has 28 heavy (non-hydrogen) atoms. The predicted molar refractivity (Wildman–Crippen MR) is 110 cm³/mol. The molecule has 7 nitrogen and oxygen atoms in total. The fourth-order valence-corrected chi connectivity index (χ4v) is 3.60. The van der Waals surface area contributed by atoms with Crippen LogP contribution in [0.1, 0.15) is 22.9 Å². The normalized spacial score (nSPS) is 15.4. The van der Waals surface area contributed by atoms with E-state index in [0.717, 1.165) is 42.7 Å². The van der Waals surface area contributed by atoms with Gasteiger partial charge in [-0.3, -0.25) is 9.89 Å². The Balaban J connectivity index is 1.71. The highest BCUT2D eigenvalue weighted by Crippen LogP contribution is 2.33. The second kappa shape index (κ2) is 9.01. The summed E-state index contributed by atoms with van der Waals surface area (Å²) in [5.74, 6) is 3.37. The van der Waals surface area contributed by atoms with Crippen molar-refractivity contribution in [2.24, 2.45) is 4.99 Å². The van der Waals surface area contributed by atoms with Gasteiger partial charge >= 0.3 is 0 Å². The molecule has 7 heteroatoms. The van der Waals surface area contributed by atoms with Crippen molar-refractivity contribution in [1.82, 2.24) is 15.1 Å². The van der Waals surface area contributed by atoms with Gasteiger partial charge in [-0.2, -0.15) is 0 Å². The molecule has 2 aromatic rings. The van der Waals surface area contributed by atoms with E-state index in [9.17, 15) is 0 Å². The second-order valence-corrected chi connectivity index (χ2v) is 7.07. The minimum Gasteiger partial charge on any atom is -0.493 e. The SMILES string of the molecule is CN=C(NCC(c1ccco1)N(C)C)N1CCc2cc(OC)c(OC)cc2C1. The second-order valence-electron chi connectivity index (χ2n) is 7.07. The first-order chi connectivity index (χ1) is 13.6. The van der Waals surface area contributed by atoms with Gasteiger partial charge in [0, 0.05) is 26.7 Å². The molecule has 2 heterocycles. The molecule has 1 N–H and O–H groups in total. The summed E-state index contributed by atoms with van der Waals surface area (Å²) in [6.45, 7) is 2.39. The first kappa shape index (κ1) is 20.1. The summed E-state index contributed by atoms with van der Waals surface area (Å²) in [6, 6.07) is 8.21. The molecule has 0 saturated carbocycles. The number of rotatable bonds is 6. The highest BCUT2D eigenvalue weighted by Gasteiger charge is 2.23. The quantitative estimate of drug-likeness (QED) is 0.608. The number of hydrogen-bond acceptors (Lipinski definition) is 5. The Bertz CT molecular complexity index is 802. The Morgan fingerprint density at radius 3 is 2.54 bits per heavy atom. The molecule has 1 aromatic heterocycles. The smallest absolute Gasteiger partial charge is 0.194 e. The minimum absolute atomic E-state index is 0.133. The van der Waals surface area contributed by atoms with Crippen molar-refractivity contribution in [3.63, 3.8) is 0 Å². The Labute approximate surface area is 166 Å². The maximum atomic E-state index is 5.60. The van der Waals surface area contributed by atoms with Gasteiger partial charge in [0.1, 0.15) is 5.76 Å². The number of methoxy groups -OCH3 is 2. The number of ether oxygens (including phenoxy) is 2. The lowest BCUT2D eigenvalue weighted by Crippen LogP contribution is -2.46. The molecule has 0 amide bonds. The number of nitrogens with one attached hydrogen (secondary N) is 1. The van der Waals surface area contributed by atoms with Crippen LogP contribution in [0.5, 0.6) is 11.5 Å². The van der Waals surface area contributed by atoms with E-state index in [1.807, 2.05) is 19.2 Å². The van der Waals surface area contributed by atoms with Gasteiger partial charge in [0.2, 0.25) is 0 Å². The summed E-state index contributed by atoms with van der Waals surface area (Å²) in [6.07, 6.45) is 2.65. The predicted octanol–water partition coefficient (Wildman–Crippen LogP) is 2.53. The summed E-state index contributed by atoms with van der Waals surface area (Å²) in [5.41, 5.74) is 2.54. The zero-order valence-corrected chi connectivity index (χ0v) is 17.4. The lowest BCUT2D eigenvalue weighted by atomic mass is 9.99. The number of fused-ring (bicyclic) bond motifs is 1. The number of guanidine groups is 1. The fourth-order valence-electron chi connectivity index (χ4n) is 3.60. The van der Waals surface area contributed by atoms with Gasteiger partial charge < -0.3 is 24.1 Å². The summed E-state index contributed by atoms with van der Waals surface area (Å²) < 4.78 is 16.5. The van der Waals surface area contributed by atoms with Crippen LogP contribution in [0.2, 0.25) is 0 Å². The highest BCUT2D eigenvalue weighted by atomic mass is 16.5. The third-order valence-electron chi connectivity index (χ3n) is 5.18. The van der Waals surface area contributed by atoms with Crippen molar-refractivity contribution >= 4 is 5.96 Å². The number of aliphatic imine (C=N–C) groups is 1. The fraction of sp³-hybridized carbons (Fsp3) is 0.476. The van der Waals surface area contributed by atoms with Gasteiger partial charge in [0.15, 0.2) is 17.5 Å².